The van der Waals surface area contributed by atoms with E-state index in [2.05, 4.69) is 4.74 Å². The Labute approximate surface area is 115 Å². The first-order chi connectivity index (χ1) is 9.61. The third-order valence-corrected chi connectivity index (χ3v) is 3.02. The quantitative estimate of drug-likeness (QED) is 0.789. The van der Waals surface area contributed by atoms with E-state index in [1.54, 1.807) is 31.2 Å². The Morgan fingerprint density at radius 1 is 1.30 bits per heavy atom. The lowest BCUT2D eigenvalue weighted by molar-refractivity contribution is -0.152. The van der Waals surface area contributed by atoms with Crippen LogP contribution in [0.25, 0.3) is 11.0 Å². The number of alkyl halides is 1. The van der Waals surface area contributed by atoms with Gasteiger partial charge in [-0.15, -0.1) is 0 Å². The van der Waals surface area contributed by atoms with Gasteiger partial charge in [0.1, 0.15) is 0 Å². The van der Waals surface area contributed by atoms with Crippen LogP contribution in [0.1, 0.15) is 26.6 Å². The molecule has 1 atom stereocenters. The maximum Gasteiger partial charge on any atom is 0.362 e. The standard InChI is InChI=1S/C14H17FN2O3/c1-3-9-16-10-7-5-6-8-11(10)17(14(16)19)12(15)13(18)20-4-2/h5-8,12H,3-4,9H2,1-2H3. The van der Waals surface area contributed by atoms with Crippen LogP contribution in [-0.4, -0.2) is 21.7 Å². The van der Waals surface area contributed by atoms with Gasteiger partial charge in [0, 0.05) is 6.54 Å². The van der Waals surface area contributed by atoms with E-state index in [0.29, 0.717) is 17.6 Å². The van der Waals surface area contributed by atoms with Crippen LogP contribution < -0.4 is 5.69 Å². The second-order valence-electron chi connectivity index (χ2n) is 4.38. The number of carbonyl (C=O) groups excluding carboxylic acids is 1. The van der Waals surface area contributed by atoms with E-state index in [1.165, 1.54) is 4.57 Å². The van der Waals surface area contributed by atoms with Crippen molar-refractivity contribution in [1.82, 2.24) is 9.13 Å². The van der Waals surface area contributed by atoms with Crippen molar-refractivity contribution in [1.29, 1.82) is 0 Å². The number of benzene rings is 1. The summed E-state index contributed by atoms with van der Waals surface area (Å²) in [6.45, 7) is 4.06. The van der Waals surface area contributed by atoms with Gasteiger partial charge in [0.25, 0.3) is 6.30 Å². The Balaban J connectivity index is 2.61. The second kappa shape index (κ2) is 5.90. The highest BCUT2D eigenvalue weighted by atomic mass is 19.1. The molecule has 0 saturated carbocycles. The lowest BCUT2D eigenvalue weighted by atomic mass is 10.3. The van der Waals surface area contributed by atoms with Crippen molar-refractivity contribution >= 4 is 17.0 Å². The monoisotopic (exact) mass is 280 g/mol. The van der Waals surface area contributed by atoms with E-state index in [1.807, 2.05) is 6.92 Å². The first-order valence-corrected chi connectivity index (χ1v) is 6.62. The van der Waals surface area contributed by atoms with E-state index in [0.717, 1.165) is 11.0 Å². The number of ether oxygens (including phenoxy) is 1. The summed E-state index contributed by atoms with van der Waals surface area (Å²) in [6, 6.07) is 6.83. The number of fused-ring (bicyclic) bond motifs is 1. The molecule has 108 valence electrons. The molecule has 2 aromatic rings. The van der Waals surface area contributed by atoms with Crippen molar-refractivity contribution in [2.45, 2.75) is 33.1 Å². The van der Waals surface area contributed by atoms with Gasteiger partial charge in [0.15, 0.2) is 0 Å². The number of hydrogen-bond acceptors (Lipinski definition) is 3. The first-order valence-electron chi connectivity index (χ1n) is 6.62. The summed E-state index contributed by atoms with van der Waals surface area (Å²) in [7, 11) is 0. The Morgan fingerprint density at radius 2 is 1.95 bits per heavy atom. The number of esters is 1. The van der Waals surface area contributed by atoms with Gasteiger partial charge in [-0.3, -0.25) is 9.13 Å². The molecule has 0 fully saturated rings. The van der Waals surface area contributed by atoms with Crippen molar-refractivity contribution < 1.29 is 13.9 Å². The minimum absolute atomic E-state index is 0.0710. The number of rotatable bonds is 5. The summed E-state index contributed by atoms with van der Waals surface area (Å²) in [5.74, 6) is -1.05. The van der Waals surface area contributed by atoms with Crippen LogP contribution in [0.3, 0.4) is 0 Å². The van der Waals surface area contributed by atoms with Crippen molar-refractivity contribution in [3.05, 3.63) is 34.7 Å². The number of halogens is 1. The molecule has 0 amide bonds. The van der Waals surface area contributed by atoms with E-state index in [-0.39, 0.29) is 6.61 Å². The zero-order chi connectivity index (χ0) is 14.7. The van der Waals surface area contributed by atoms with Crippen LogP contribution in [0.5, 0.6) is 0 Å². The van der Waals surface area contributed by atoms with E-state index < -0.39 is 18.0 Å². The molecular formula is C14H17FN2O3. The number of nitrogens with zero attached hydrogens (tertiary/aromatic N) is 2. The summed E-state index contributed by atoms with van der Waals surface area (Å²) in [5.41, 5.74) is 0.478. The minimum atomic E-state index is -2.12. The number of imidazole rings is 1. The first kappa shape index (κ1) is 14.3. The molecule has 0 aliphatic carbocycles. The molecule has 0 bridgehead atoms. The summed E-state index contributed by atoms with van der Waals surface area (Å²) >= 11 is 0. The molecule has 0 N–H and O–H groups in total. The molecule has 0 saturated heterocycles. The molecule has 0 radical (unpaired) electrons. The van der Waals surface area contributed by atoms with Crippen LogP contribution in [-0.2, 0) is 16.1 Å². The molecule has 0 aliphatic heterocycles. The van der Waals surface area contributed by atoms with E-state index in [4.69, 9.17) is 0 Å². The smallest absolute Gasteiger partial charge is 0.362 e. The Morgan fingerprint density at radius 3 is 2.55 bits per heavy atom. The molecule has 6 heteroatoms. The van der Waals surface area contributed by atoms with E-state index >= 15 is 0 Å². The fourth-order valence-electron chi connectivity index (χ4n) is 2.21. The maximum atomic E-state index is 14.2. The molecule has 0 aliphatic rings. The number of para-hydroxylation sites is 2. The fraction of sp³-hybridized carbons (Fsp3) is 0.429. The van der Waals surface area contributed by atoms with Gasteiger partial charge >= 0.3 is 11.7 Å². The predicted octanol–water partition coefficient (Wildman–Crippen LogP) is 2.24. The molecule has 0 spiro atoms. The number of hydrogen-bond donors (Lipinski definition) is 0. The fourth-order valence-corrected chi connectivity index (χ4v) is 2.21. The van der Waals surface area contributed by atoms with Gasteiger partial charge in [-0.25, -0.2) is 14.0 Å². The zero-order valence-corrected chi connectivity index (χ0v) is 11.5. The molecule has 1 heterocycles. The highest BCUT2D eigenvalue weighted by Crippen LogP contribution is 2.19. The van der Waals surface area contributed by atoms with E-state index in [9.17, 15) is 14.0 Å². The number of aryl methyl sites for hydroxylation is 1. The minimum Gasteiger partial charge on any atom is -0.462 e. The lowest BCUT2D eigenvalue weighted by Gasteiger charge is -2.08. The average molecular weight is 280 g/mol. The third kappa shape index (κ3) is 2.33. The summed E-state index contributed by atoms with van der Waals surface area (Å²) in [5, 5.41) is 0. The highest BCUT2D eigenvalue weighted by molar-refractivity contribution is 5.80. The molecular weight excluding hydrogens is 263 g/mol. The van der Waals surface area contributed by atoms with Crippen LogP contribution in [0, 0.1) is 0 Å². The Bertz CT molecular complexity index is 675. The molecule has 1 aromatic heterocycles. The number of aromatic nitrogens is 2. The molecule has 1 unspecified atom stereocenters. The third-order valence-electron chi connectivity index (χ3n) is 3.02. The van der Waals surface area contributed by atoms with Gasteiger partial charge in [0.2, 0.25) is 0 Å². The molecule has 2 rings (SSSR count). The van der Waals surface area contributed by atoms with Gasteiger partial charge in [-0.05, 0) is 25.5 Å². The van der Waals surface area contributed by atoms with Crippen LogP contribution in [0.15, 0.2) is 29.1 Å². The van der Waals surface area contributed by atoms with Crippen molar-refractivity contribution in [3.8, 4) is 0 Å². The molecule has 1 aromatic carbocycles. The topological polar surface area (TPSA) is 53.2 Å². The second-order valence-corrected chi connectivity index (χ2v) is 4.38. The molecule has 5 nitrogen and oxygen atoms in total. The highest BCUT2D eigenvalue weighted by Gasteiger charge is 2.26. The summed E-state index contributed by atoms with van der Waals surface area (Å²) in [4.78, 5) is 23.8. The largest absolute Gasteiger partial charge is 0.462 e. The van der Waals surface area contributed by atoms with Crippen molar-refractivity contribution in [2.75, 3.05) is 6.61 Å². The van der Waals surface area contributed by atoms with Crippen LogP contribution in [0.4, 0.5) is 4.39 Å². The Hall–Kier alpha value is -2.11. The maximum absolute atomic E-state index is 14.2. The lowest BCUT2D eigenvalue weighted by Crippen LogP contribution is -2.30. The number of carbonyl (C=O) groups is 1. The summed E-state index contributed by atoms with van der Waals surface area (Å²) < 4.78 is 21.2. The average Bonchev–Trinajstić information content (AvgIpc) is 2.72. The van der Waals surface area contributed by atoms with Crippen LogP contribution in [0.2, 0.25) is 0 Å². The van der Waals surface area contributed by atoms with Gasteiger partial charge < -0.3 is 4.74 Å². The van der Waals surface area contributed by atoms with Gasteiger partial charge in [-0.2, -0.15) is 0 Å². The Kier molecular flexibility index (Phi) is 4.22. The van der Waals surface area contributed by atoms with Gasteiger partial charge in [0.05, 0.1) is 17.6 Å². The summed E-state index contributed by atoms with van der Waals surface area (Å²) in [6.07, 6.45) is -1.38. The van der Waals surface area contributed by atoms with Crippen molar-refractivity contribution in [3.63, 3.8) is 0 Å². The molecule has 20 heavy (non-hydrogen) atoms. The predicted molar refractivity (Wildman–Crippen MR) is 73.3 cm³/mol. The van der Waals surface area contributed by atoms with Crippen molar-refractivity contribution in [2.24, 2.45) is 0 Å². The zero-order valence-electron chi connectivity index (χ0n) is 11.5. The normalized spacial score (nSPS) is 12.6. The SMILES string of the molecule is CCCn1c(=O)n(C(F)C(=O)OCC)c2ccccc21. The van der Waals surface area contributed by atoms with Gasteiger partial charge in [-0.1, -0.05) is 19.1 Å². The van der Waals surface area contributed by atoms with Crippen LogP contribution >= 0.6 is 0 Å².